The van der Waals surface area contributed by atoms with Gasteiger partial charge in [-0.2, -0.15) is 0 Å². The lowest BCUT2D eigenvalue weighted by Gasteiger charge is -2.39. The number of hydrogen-bond donors (Lipinski definition) is 0. The summed E-state index contributed by atoms with van der Waals surface area (Å²) in [5, 5.41) is 0. The van der Waals surface area contributed by atoms with E-state index in [1.54, 1.807) is 0 Å². The topological polar surface area (TPSA) is 18.5 Å². The molecule has 1 aliphatic heterocycles. The fraction of sp³-hybridized carbons (Fsp3) is 0.933. The van der Waals surface area contributed by atoms with Gasteiger partial charge < -0.3 is 9.47 Å². The average molecular weight is 239 g/mol. The minimum absolute atomic E-state index is 0.0703. The average Bonchev–Trinajstić information content (AvgIpc) is 2.30. The van der Waals surface area contributed by atoms with Gasteiger partial charge in [-0.05, 0) is 49.9 Å². The first kappa shape index (κ1) is 13.4. The van der Waals surface area contributed by atoms with E-state index in [0.29, 0.717) is 12.0 Å². The van der Waals surface area contributed by atoms with Crippen molar-refractivity contribution in [2.45, 2.75) is 71.7 Å². The van der Waals surface area contributed by atoms with E-state index in [4.69, 9.17) is 9.47 Å². The van der Waals surface area contributed by atoms with Gasteiger partial charge in [-0.25, -0.2) is 0 Å². The summed E-state index contributed by atoms with van der Waals surface area (Å²) in [5.74, 6) is 2.98. The Kier molecular flexibility index (Phi) is 4.87. The van der Waals surface area contributed by atoms with Gasteiger partial charge >= 0.3 is 0 Å². The summed E-state index contributed by atoms with van der Waals surface area (Å²) in [4.78, 5) is 0. The van der Waals surface area contributed by atoms with Crippen LogP contribution in [0.1, 0.15) is 59.3 Å². The van der Waals surface area contributed by atoms with Gasteiger partial charge in [0.2, 0.25) is 0 Å². The predicted octanol–water partition coefficient (Wildman–Crippen LogP) is 3.95. The van der Waals surface area contributed by atoms with Gasteiger partial charge in [0.05, 0.1) is 6.10 Å². The Labute approximate surface area is 106 Å². The Balaban J connectivity index is 1.89. The van der Waals surface area contributed by atoms with Crippen LogP contribution in [-0.4, -0.2) is 19.0 Å². The molecule has 0 aromatic carbocycles. The van der Waals surface area contributed by atoms with E-state index in [1.807, 2.05) is 0 Å². The summed E-state index contributed by atoms with van der Waals surface area (Å²) < 4.78 is 11.9. The Morgan fingerprint density at radius 3 is 2.59 bits per heavy atom. The third kappa shape index (κ3) is 3.69. The molecule has 1 heterocycles. The van der Waals surface area contributed by atoms with E-state index >= 15 is 0 Å². The Morgan fingerprint density at radius 1 is 1.12 bits per heavy atom. The fourth-order valence-corrected chi connectivity index (χ4v) is 3.15. The summed E-state index contributed by atoms with van der Waals surface area (Å²) in [7, 11) is 0. The zero-order valence-corrected chi connectivity index (χ0v) is 11.6. The third-order valence-electron chi connectivity index (χ3n) is 4.26. The monoisotopic (exact) mass is 239 g/mol. The molecule has 0 aromatic heterocycles. The Morgan fingerprint density at radius 2 is 1.94 bits per heavy atom. The van der Waals surface area contributed by atoms with Crippen molar-refractivity contribution < 1.29 is 9.47 Å². The second kappa shape index (κ2) is 6.19. The van der Waals surface area contributed by atoms with Crippen LogP contribution in [-0.2, 0) is 9.47 Å². The third-order valence-corrected chi connectivity index (χ3v) is 4.26. The first-order valence-electron chi connectivity index (χ1n) is 7.24. The smallest absolute Gasteiger partial charge is 0.157 e. The highest BCUT2D eigenvalue weighted by molar-refractivity contribution is 4.95. The van der Waals surface area contributed by atoms with Crippen molar-refractivity contribution in [3.05, 3.63) is 5.92 Å². The highest BCUT2D eigenvalue weighted by atomic mass is 16.7. The summed E-state index contributed by atoms with van der Waals surface area (Å²) >= 11 is 0. The van der Waals surface area contributed by atoms with Crippen LogP contribution < -0.4 is 0 Å². The van der Waals surface area contributed by atoms with Crippen molar-refractivity contribution in [3.63, 3.8) is 0 Å². The molecular weight excluding hydrogens is 212 g/mol. The summed E-state index contributed by atoms with van der Waals surface area (Å²) in [6.45, 7) is 7.73. The molecule has 4 atom stereocenters. The molecule has 99 valence electrons. The van der Waals surface area contributed by atoms with Gasteiger partial charge in [-0.3, -0.25) is 0 Å². The van der Waals surface area contributed by atoms with Crippen LogP contribution in [0.2, 0.25) is 0 Å². The van der Waals surface area contributed by atoms with Crippen molar-refractivity contribution in [2.24, 2.45) is 11.8 Å². The maximum atomic E-state index is 6.23. The van der Waals surface area contributed by atoms with E-state index < -0.39 is 0 Å². The zero-order chi connectivity index (χ0) is 12.3. The highest BCUT2D eigenvalue weighted by Gasteiger charge is 2.33. The van der Waals surface area contributed by atoms with Crippen LogP contribution >= 0.6 is 0 Å². The standard InChI is InChI=1S/C15H27O2/c1-11(2)13-8-7-12(3)10-14(13)17-15-6-4-5-9-16-15/h12-15H,4-10H2,1-3H3. The Hall–Kier alpha value is -0.0800. The van der Waals surface area contributed by atoms with Gasteiger partial charge in [-0.15, -0.1) is 0 Å². The molecule has 2 fully saturated rings. The van der Waals surface area contributed by atoms with Gasteiger partial charge in [-0.1, -0.05) is 27.2 Å². The lowest BCUT2D eigenvalue weighted by atomic mass is 9.75. The maximum Gasteiger partial charge on any atom is 0.157 e. The molecule has 4 unspecified atom stereocenters. The molecule has 0 aromatic rings. The van der Waals surface area contributed by atoms with E-state index in [-0.39, 0.29) is 6.29 Å². The number of hydrogen-bond acceptors (Lipinski definition) is 2. The molecule has 17 heavy (non-hydrogen) atoms. The lowest BCUT2D eigenvalue weighted by Crippen LogP contribution is -2.38. The molecule has 0 bridgehead atoms. The molecule has 1 radical (unpaired) electrons. The fourth-order valence-electron chi connectivity index (χ4n) is 3.15. The highest BCUT2D eigenvalue weighted by Crippen LogP contribution is 2.37. The van der Waals surface area contributed by atoms with Crippen LogP contribution in [0.25, 0.3) is 0 Å². The molecule has 0 spiro atoms. The van der Waals surface area contributed by atoms with Crippen LogP contribution in [0.5, 0.6) is 0 Å². The second-order valence-electron chi connectivity index (χ2n) is 6.07. The lowest BCUT2D eigenvalue weighted by molar-refractivity contribution is -0.205. The quantitative estimate of drug-likeness (QED) is 0.742. The molecule has 1 aliphatic carbocycles. The minimum Gasteiger partial charge on any atom is -0.353 e. The SMILES string of the molecule is C[C](C)C1CCC(C)CC1OC1CCCCO1. The van der Waals surface area contributed by atoms with Crippen LogP contribution in [0.15, 0.2) is 0 Å². The van der Waals surface area contributed by atoms with Crippen molar-refractivity contribution in [1.29, 1.82) is 0 Å². The van der Waals surface area contributed by atoms with Gasteiger partial charge in [0.1, 0.15) is 0 Å². The van der Waals surface area contributed by atoms with E-state index in [9.17, 15) is 0 Å². The largest absolute Gasteiger partial charge is 0.353 e. The molecule has 2 heteroatoms. The molecule has 0 amide bonds. The molecule has 0 N–H and O–H groups in total. The first-order chi connectivity index (χ1) is 8.16. The van der Waals surface area contributed by atoms with Gasteiger partial charge in [0.25, 0.3) is 0 Å². The summed E-state index contributed by atoms with van der Waals surface area (Å²) in [6, 6.07) is 0. The predicted molar refractivity (Wildman–Crippen MR) is 69.6 cm³/mol. The molecule has 2 nitrogen and oxygen atoms in total. The maximum absolute atomic E-state index is 6.23. The normalized spacial score (nSPS) is 39.5. The first-order valence-corrected chi connectivity index (χ1v) is 7.24. The van der Waals surface area contributed by atoms with Gasteiger partial charge in [0.15, 0.2) is 6.29 Å². The number of rotatable bonds is 3. The van der Waals surface area contributed by atoms with Crippen molar-refractivity contribution in [3.8, 4) is 0 Å². The van der Waals surface area contributed by atoms with Crippen molar-refractivity contribution in [2.75, 3.05) is 6.61 Å². The van der Waals surface area contributed by atoms with Crippen LogP contribution in [0.3, 0.4) is 0 Å². The van der Waals surface area contributed by atoms with E-state index in [2.05, 4.69) is 20.8 Å². The second-order valence-corrected chi connectivity index (χ2v) is 6.07. The molecule has 2 aliphatic rings. The summed E-state index contributed by atoms with van der Waals surface area (Å²) in [5.41, 5.74) is 0. The minimum atomic E-state index is 0.0703. The van der Waals surface area contributed by atoms with E-state index in [1.165, 1.54) is 38.0 Å². The molecule has 1 saturated heterocycles. The number of ether oxygens (including phenoxy) is 2. The molecular formula is C15H27O2. The molecule has 2 rings (SSSR count). The molecule has 1 saturated carbocycles. The van der Waals surface area contributed by atoms with E-state index in [0.717, 1.165) is 18.9 Å². The summed E-state index contributed by atoms with van der Waals surface area (Å²) in [6.07, 6.45) is 7.85. The van der Waals surface area contributed by atoms with Gasteiger partial charge in [0, 0.05) is 6.61 Å². The van der Waals surface area contributed by atoms with Crippen molar-refractivity contribution in [1.82, 2.24) is 0 Å². The van der Waals surface area contributed by atoms with Crippen molar-refractivity contribution >= 4 is 0 Å². The Bertz CT molecular complexity index is 221. The zero-order valence-electron chi connectivity index (χ0n) is 11.6. The van der Waals surface area contributed by atoms with Crippen LogP contribution in [0, 0.1) is 17.8 Å². The van der Waals surface area contributed by atoms with Crippen LogP contribution in [0.4, 0.5) is 0 Å².